The molecule has 162 valence electrons. The van der Waals surface area contributed by atoms with E-state index in [1.54, 1.807) is 7.11 Å². The number of hydrogen-bond acceptors (Lipinski definition) is 6. The molecule has 1 fully saturated rings. The van der Waals surface area contributed by atoms with Crippen LogP contribution >= 0.6 is 11.9 Å². The number of nitrogens with zero attached hydrogens (tertiary/aromatic N) is 2. The Morgan fingerprint density at radius 2 is 1.87 bits per heavy atom. The van der Waals surface area contributed by atoms with Crippen LogP contribution in [0.3, 0.4) is 0 Å². The summed E-state index contributed by atoms with van der Waals surface area (Å²) in [5.41, 5.74) is 0.840. The van der Waals surface area contributed by atoms with Crippen LogP contribution in [0.5, 0.6) is 5.75 Å². The Kier molecular flexibility index (Phi) is 7.36. The van der Waals surface area contributed by atoms with E-state index in [1.807, 2.05) is 36.4 Å². The summed E-state index contributed by atoms with van der Waals surface area (Å²) in [5, 5.41) is 11.9. The monoisotopic (exact) mass is 430 g/mol. The second-order valence-corrected chi connectivity index (χ2v) is 9.76. The van der Waals surface area contributed by atoms with E-state index in [-0.39, 0.29) is 4.75 Å². The van der Waals surface area contributed by atoms with E-state index in [0.717, 1.165) is 66.4 Å². The van der Waals surface area contributed by atoms with Crippen LogP contribution in [0.25, 0.3) is 10.8 Å². The normalized spacial score (nSPS) is 18.6. The summed E-state index contributed by atoms with van der Waals surface area (Å²) in [6.07, 6.45) is 3.25. The zero-order valence-electron chi connectivity index (χ0n) is 17.8. The van der Waals surface area contributed by atoms with Crippen LogP contribution in [0.4, 0.5) is 0 Å². The molecule has 7 heteroatoms. The number of piperidine rings is 1. The van der Waals surface area contributed by atoms with Gasteiger partial charge in [0, 0.05) is 27.3 Å². The first kappa shape index (κ1) is 22.6. The van der Waals surface area contributed by atoms with Crippen molar-refractivity contribution in [1.29, 1.82) is 0 Å². The number of methoxy groups -OCH3 is 1. The summed E-state index contributed by atoms with van der Waals surface area (Å²) in [6, 6.07) is 12.0. The first-order chi connectivity index (χ1) is 14.3. The van der Waals surface area contributed by atoms with Gasteiger partial charge in [-0.25, -0.2) is 0 Å². The van der Waals surface area contributed by atoms with Gasteiger partial charge in [0.1, 0.15) is 5.75 Å². The predicted octanol–water partition coefficient (Wildman–Crippen LogP) is 5.45. The summed E-state index contributed by atoms with van der Waals surface area (Å²) >= 11 is 1.15. The molecular formula is C23H30N2O4S. The third-order valence-electron chi connectivity index (χ3n) is 6.38. The summed E-state index contributed by atoms with van der Waals surface area (Å²) in [4.78, 5) is 25.0. The van der Waals surface area contributed by atoms with Crippen LogP contribution in [-0.4, -0.2) is 47.0 Å². The molecule has 2 aromatic rings. The number of nitroso groups, excluding NO2 is 1. The number of carboxylic acid groups (broad SMARTS) is 1. The number of aliphatic carboxylic acids is 1. The van der Waals surface area contributed by atoms with E-state index in [4.69, 9.17) is 4.74 Å². The van der Waals surface area contributed by atoms with E-state index >= 15 is 0 Å². The molecule has 0 spiro atoms. The van der Waals surface area contributed by atoms with E-state index in [1.165, 1.54) is 0 Å². The molecule has 2 atom stereocenters. The second-order valence-electron chi connectivity index (χ2n) is 8.44. The van der Waals surface area contributed by atoms with Gasteiger partial charge >= 0.3 is 5.97 Å². The standard InChI is InChI=1S/C23H30N2O4S/c1-16(25-12-10-23(2,11-13-25)30-24-28)4-9-21(22(26)27)19-6-5-18-15-20(29-3)8-7-17(18)14-19/h5-8,14-16,21H,4,9-13H2,1-3H3,(H,26,27)/t16-,21?/m0/s1. The van der Waals surface area contributed by atoms with E-state index in [2.05, 4.69) is 23.3 Å². The third-order valence-corrected chi connectivity index (χ3v) is 7.31. The molecule has 1 saturated heterocycles. The molecule has 1 N–H and O–H groups in total. The third kappa shape index (κ3) is 5.32. The molecule has 3 rings (SSSR count). The Labute approximate surface area is 182 Å². The lowest BCUT2D eigenvalue weighted by Crippen LogP contribution is -2.44. The van der Waals surface area contributed by atoms with Crippen molar-refractivity contribution in [1.82, 2.24) is 4.90 Å². The van der Waals surface area contributed by atoms with E-state index < -0.39 is 11.9 Å². The van der Waals surface area contributed by atoms with Gasteiger partial charge in [0.2, 0.25) is 0 Å². The molecule has 1 aliphatic rings. The number of fused-ring (bicyclic) bond motifs is 1. The van der Waals surface area contributed by atoms with Crippen LogP contribution in [0.15, 0.2) is 41.0 Å². The van der Waals surface area contributed by atoms with Crippen LogP contribution in [0.2, 0.25) is 0 Å². The number of carboxylic acids is 1. The van der Waals surface area contributed by atoms with Gasteiger partial charge in [0.05, 0.1) is 13.0 Å². The first-order valence-electron chi connectivity index (χ1n) is 10.4. The Bertz CT molecular complexity index is 896. The summed E-state index contributed by atoms with van der Waals surface area (Å²) in [5.74, 6) is -0.516. The van der Waals surface area contributed by atoms with Gasteiger partial charge in [0.15, 0.2) is 0 Å². The zero-order chi connectivity index (χ0) is 21.7. The van der Waals surface area contributed by atoms with Gasteiger partial charge in [-0.2, -0.15) is 0 Å². The Morgan fingerprint density at radius 1 is 1.20 bits per heavy atom. The maximum Gasteiger partial charge on any atom is 0.310 e. The van der Waals surface area contributed by atoms with Gasteiger partial charge in [0.25, 0.3) is 0 Å². The average Bonchev–Trinajstić information content (AvgIpc) is 2.73. The predicted molar refractivity (Wildman–Crippen MR) is 122 cm³/mol. The highest BCUT2D eigenvalue weighted by Gasteiger charge is 2.33. The second kappa shape index (κ2) is 9.79. The van der Waals surface area contributed by atoms with Crippen molar-refractivity contribution in [2.75, 3.05) is 20.2 Å². The number of ether oxygens (including phenoxy) is 1. The minimum atomic E-state index is -0.783. The van der Waals surface area contributed by atoms with Gasteiger partial charge in [-0.15, -0.1) is 4.91 Å². The number of hydrogen-bond donors (Lipinski definition) is 1. The van der Waals surface area contributed by atoms with Crippen molar-refractivity contribution in [2.45, 2.75) is 56.2 Å². The molecule has 1 heterocycles. The topological polar surface area (TPSA) is 79.2 Å². The summed E-state index contributed by atoms with van der Waals surface area (Å²) in [7, 11) is 1.64. The fourth-order valence-corrected chi connectivity index (χ4v) is 4.77. The molecule has 0 amide bonds. The Morgan fingerprint density at radius 3 is 2.50 bits per heavy atom. The van der Waals surface area contributed by atoms with E-state index in [9.17, 15) is 14.8 Å². The number of rotatable bonds is 9. The van der Waals surface area contributed by atoms with Crippen molar-refractivity contribution in [3.8, 4) is 5.75 Å². The SMILES string of the molecule is COc1ccc2cc(C(CC[C@H](C)N3CCC(C)(SN=O)CC3)C(=O)O)ccc2c1. The maximum absolute atomic E-state index is 12.0. The minimum absolute atomic E-state index is 0.0741. The quantitative estimate of drug-likeness (QED) is 0.421. The smallest absolute Gasteiger partial charge is 0.310 e. The lowest BCUT2D eigenvalue weighted by molar-refractivity contribution is -0.139. The largest absolute Gasteiger partial charge is 0.497 e. The zero-order valence-corrected chi connectivity index (χ0v) is 18.7. The molecule has 0 saturated carbocycles. The number of benzene rings is 2. The minimum Gasteiger partial charge on any atom is -0.497 e. The molecule has 0 aromatic heterocycles. The lowest BCUT2D eigenvalue weighted by Gasteiger charge is -2.40. The van der Waals surface area contributed by atoms with Crippen molar-refractivity contribution in [3.63, 3.8) is 0 Å². The van der Waals surface area contributed by atoms with Crippen LogP contribution < -0.4 is 4.74 Å². The lowest BCUT2D eigenvalue weighted by atomic mass is 9.90. The van der Waals surface area contributed by atoms with Gasteiger partial charge in [-0.1, -0.05) is 24.3 Å². The van der Waals surface area contributed by atoms with Gasteiger partial charge in [-0.05, 0) is 81.1 Å². The highest BCUT2D eigenvalue weighted by molar-refractivity contribution is 7.99. The number of likely N-dealkylation sites (tertiary alicyclic amines) is 1. The summed E-state index contributed by atoms with van der Waals surface area (Å²) < 4.78 is 8.21. The molecule has 6 nitrogen and oxygen atoms in total. The first-order valence-corrected chi connectivity index (χ1v) is 11.2. The Balaban J connectivity index is 1.64. The van der Waals surface area contributed by atoms with Crippen molar-refractivity contribution < 1.29 is 14.6 Å². The van der Waals surface area contributed by atoms with Crippen LogP contribution in [-0.2, 0) is 4.79 Å². The summed E-state index contributed by atoms with van der Waals surface area (Å²) in [6.45, 7) is 6.08. The van der Waals surface area contributed by atoms with Crippen molar-refractivity contribution in [3.05, 3.63) is 46.9 Å². The molecule has 0 radical (unpaired) electrons. The molecule has 0 aliphatic carbocycles. The molecular weight excluding hydrogens is 400 g/mol. The molecule has 30 heavy (non-hydrogen) atoms. The molecule has 1 aliphatic heterocycles. The highest BCUT2D eigenvalue weighted by atomic mass is 32.2. The fraction of sp³-hybridized carbons (Fsp3) is 0.522. The molecule has 0 bridgehead atoms. The Hall–Kier alpha value is -2.12. The van der Waals surface area contributed by atoms with Crippen molar-refractivity contribution in [2.24, 2.45) is 4.58 Å². The fourth-order valence-electron chi connectivity index (χ4n) is 4.23. The average molecular weight is 431 g/mol. The highest BCUT2D eigenvalue weighted by Crippen LogP contribution is 2.37. The molecule has 1 unspecified atom stereocenters. The van der Waals surface area contributed by atoms with Crippen molar-refractivity contribution >= 4 is 28.7 Å². The molecule has 2 aromatic carbocycles. The van der Waals surface area contributed by atoms with Gasteiger partial charge < -0.3 is 14.7 Å². The van der Waals surface area contributed by atoms with Crippen LogP contribution in [0.1, 0.15) is 51.0 Å². The van der Waals surface area contributed by atoms with E-state index in [0.29, 0.717) is 12.5 Å². The number of carbonyl (C=O) groups is 1. The van der Waals surface area contributed by atoms with Gasteiger partial charge in [-0.3, -0.25) is 4.79 Å². The maximum atomic E-state index is 12.0. The van der Waals surface area contributed by atoms with Crippen LogP contribution in [0, 0.1) is 4.91 Å².